The average Bonchev–Trinajstić information content (AvgIpc) is 2.93. The van der Waals surface area contributed by atoms with Gasteiger partial charge in [-0.2, -0.15) is 0 Å². The average molecular weight is 333 g/mol. The van der Waals surface area contributed by atoms with Crippen molar-refractivity contribution in [3.63, 3.8) is 0 Å². The van der Waals surface area contributed by atoms with Gasteiger partial charge in [0.15, 0.2) is 5.75 Å². The number of fused-ring (bicyclic) bond motifs is 1. The van der Waals surface area contributed by atoms with Gasteiger partial charge in [0.1, 0.15) is 0 Å². The molecule has 0 spiro atoms. The number of rotatable bonds is 5. The second-order valence-corrected chi connectivity index (χ2v) is 6.46. The second kappa shape index (κ2) is 7.61. The summed E-state index contributed by atoms with van der Waals surface area (Å²) in [5, 5.41) is 14.4. The number of nitro groups is 1. The lowest BCUT2D eigenvalue weighted by atomic mass is 9.92. The molecule has 130 valence electrons. The molecule has 0 saturated carbocycles. The number of carbonyl (C=O) groups is 1. The molecule has 0 bridgehead atoms. The summed E-state index contributed by atoms with van der Waals surface area (Å²) >= 11 is 0. The molecular weight excluding hydrogens is 310 g/mol. The van der Waals surface area contributed by atoms with Gasteiger partial charge in [-0.15, -0.1) is 0 Å². The molecule has 2 atom stereocenters. The van der Waals surface area contributed by atoms with Crippen LogP contribution in [-0.2, 0) is 4.79 Å². The van der Waals surface area contributed by atoms with Crippen molar-refractivity contribution >= 4 is 11.6 Å². The molecule has 2 aliphatic rings. The number of nitrogens with one attached hydrogen (secondary N) is 1. The number of hydrogen-bond donors (Lipinski definition) is 1. The molecule has 2 aliphatic heterocycles. The van der Waals surface area contributed by atoms with Crippen molar-refractivity contribution in [3.05, 3.63) is 34.4 Å². The van der Waals surface area contributed by atoms with Crippen molar-refractivity contribution in [2.24, 2.45) is 11.8 Å². The maximum absolute atomic E-state index is 12.4. The quantitative estimate of drug-likeness (QED) is 0.656. The number of benzene rings is 1. The number of carbonyl (C=O) groups excluding carboxylic acids is 1. The van der Waals surface area contributed by atoms with E-state index in [-0.39, 0.29) is 30.4 Å². The molecular formula is C17H23N3O4. The van der Waals surface area contributed by atoms with Crippen LogP contribution in [0.1, 0.15) is 19.3 Å². The Kier molecular flexibility index (Phi) is 5.30. The number of hydrogen-bond acceptors (Lipinski definition) is 5. The van der Waals surface area contributed by atoms with Crippen molar-refractivity contribution in [2.75, 3.05) is 32.8 Å². The van der Waals surface area contributed by atoms with E-state index in [9.17, 15) is 14.9 Å². The number of amides is 1. The van der Waals surface area contributed by atoms with Gasteiger partial charge in [0.2, 0.25) is 5.91 Å². The molecule has 24 heavy (non-hydrogen) atoms. The Balaban J connectivity index is 1.48. The zero-order valence-electron chi connectivity index (χ0n) is 13.6. The lowest BCUT2D eigenvalue weighted by Gasteiger charge is -2.21. The molecule has 2 saturated heterocycles. The van der Waals surface area contributed by atoms with E-state index in [1.165, 1.54) is 6.07 Å². The summed E-state index contributed by atoms with van der Waals surface area (Å²) in [6.45, 7) is 3.88. The fourth-order valence-corrected chi connectivity index (χ4v) is 3.60. The van der Waals surface area contributed by atoms with Crippen molar-refractivity contribution in [2.45, 2.75) is 19.3 Å². The lowest BCUT2D eigenvalue weighted by Crippen LogP contribution is -2.33. The Morgan fingerprint density at radius 3 is 2.58 bits per heavy atom. The summed E-state index contributed by atoms with van der Waals surface area (Å²) in [7, 11) is 0. The molecule has 0 aliphatic carbocycles. The minimum atomic E-state index is -0.473. The van der Waals surface area contributed by atoms with Gasteiger partial charge >= 0.3 is 5.69 Å². The number of likely N-dealkylation sites (tertiary alicyclic amines) is 1. The molecule has 0 radical (unpaired) electrons. The highest BCUT2D eigenvalue weighted by molar-refractivity contribution is 5.76. The Labute approximate surface area is 141 Å². The van der Waals surface area contributed by atoms with Gasteiger partial charge < -0.3 is 15.0 Å². The predicted octanol–water partition coefficient (Wildman–Crippen LogP) is 1.82. The minimum absolute atomic E-state index is 0.0694. The third-order valence-electron chi connectivity index (χ3n) is 5.01. The SMILES string of the molecule is O=C(CCOc1ccccc1[N+](=O)[O-])N1CC[C@@H]2CNC[C@@H]2CC1. The van der Waals surface area contributed by atoms with Crippen molar-refractivity contribution < 1.29 is 14.5 Å². The van der Waals surface area contributed by atoms with Gasteiger partial charge in [-0.25, -0.2) is 0 Å². The highest BCUT2D eigenvalue weighted by atomic mass is 16.6. The van der Waals surface area contributed by atoms with Gasteiger partial charge in [0, 0.05) is 19.2 Å². The van der Waals surface area contributed by atoms with E-state index in [1.54, 1.807) is 18.2 Å². The molecule has 1 aromatic carbocycles. The zero-order chi connectivity index (χ0) is 16.9. The van der Waals surface area contributed by atoms with Gasteiger partial charge in [0.05, 0.1) is 18.0 Å². The summed E-state index contributed by atoms with van der Waals surface area (Å²) in [6, 6.07) is 6.24. The van der Waals surface area contributed by atoms with Crippen LogP contribution < -0.4 is 10.1 Å². The normalized spacial score (nSPS) is 23.4. The Morgan fingerprint density at radius 1 is 1.25 bits per heavy atom. The molecule has 2 heterocycles. The van der Waals surface area contributed by atoms with Crippen LogP contribution in [0.3, 0.4) is 0 Å². The van der Waals surface area contributed by atoms with Crippen LogP contribution >= 0.6 is 0 Å². The molecule has 1 aromatic rings. The largest absolute Gasteiger partial charge is 0.486 e. The van der Waals surface area contributed by atoms with Crippen LogP contribution in [-0.4, -0.2) is 48.5 Å². The minimum Gasteiger partial charge on any atom is -0.486 e. The predicted molar refractivity (Wildman–Crippen MR) is 88.9 cm³/mol. The summed E-state index contributed by atoms with van der Waals surface area (Å²) in [5.74, 6) is 1.66. The third kappa shape index (κ3) is 3.84. The van der Waals surface area contributed by atoms with Gasteiger partial charge in [0.25, 0.3) is 0 Å². The Hall–Kier alpha value is -2.15. The smallest absolute Gasteiger partial charge is 0.310 e. The third-order valence-corrected chi connectivity index (χ3v) is 5.01. The second-order valence-electron chi connectivity index (χ2n) is 6.46. The molecule has 7 nitrogen and oxygen atoms in total. The number of nitro benzene ring substituents is 1. The number of para-hydroxylation sites is 2. The summed E-state index contributed by atoms with van der Waals surface area (Å²) in [6.07, 6.45) is 2.35. The van der Waals surface area contributed by atoms with Gasteiger partial charge in [-0.1, -0.05) is 12.1 Å². The summed E-state index contributed by atoms with van der Waals surface area (Å²) in [4.78, 5) is 24.8. The maximum Gasteiger partial charge on any atom is 0.310 e. The number of ether oxygens (including phenoxy) is 1. The lowest BCUT2D eigenvalue weighted by molar-refractivity contribution is -0.385. The molecule has 7 heteroatoms. The van der Waals surface area contributed by atoms with Crippen molar-refractivity contribution in [1.82, 2.24) is 10.2 Å². The van der Waals surface area contributed by atoms with Crippen LogP contribution in [0, 0.1) is 22.0 Å². The van der Waals surface area contributed by atoms with Crippen LogP contribution in [0.4, 0.5) is 5.69 Å². The Bertz CT molecular complexity index is 593. The monoisotopic (exact) mass is 333 g/mol. The maximum atomic E-state index is 12.4. The van der Waals surface area contributed by atoms with Crippen LogP contribution in [0.15, 0.2) is 24.3 Å². The van der Waals surface area contributed by atoms with E-state index in [1.807, 2.05) is 4.90 Å². The molecule has 0 unspecified atom stereocenters. The highest BCUT2D eigenvalue weighted by Crippen LogP contribution is 2.28. The molecule has 1 amide bonds. The van der Waals surface area contributed by atoms with Crippen LogP contribution in [0.5, 0.6) is 5.75 Å². The van der Waals surface area contributed by atoms with E-state index >= 15 is 0 Å². The van der Waals surface area contributed by atoms with E-state index < -0.39 is 4.92 Å². The van der Waals surface area contributed by atoms with Gasteiger partial charge in [-0.05, 0) is 43.8 Å². The van der Waals surface area contributed by atoms with Crippen molar-refractivity contribution in [1.29, 1.82) is 0 Å². The van der Waals surface area contributed by atoms with E-state index in [0.29, 0.717) is 11.8 Å². The highest BCUT2D eigenvalue weighted by Gasteiger charge is 2.31. The first-order valence-corrected chi connectivity index (χ1v) is 8.50. The first kappa shape index (κ1) is 16.7. The molecule has 2 fully saturated rings. The number of nitrogens with zero attached hydrogens (tertiary/aromatic N) is 2. The van der Waals surface area contributed by atoms with Gasteiger partial charge in [-0.3, -0.25) is 14.9 Å². The van der Waals surface area contributed by atoms with E-state index in [4.69, 9.17) is 4.74 Å². The molecule has 3 rings (SSSR count). The summed E-state index contributed by atoms with van der Waals surface area (Å²) in [5.41, 5.74) is -0.0694. The fourth-order valence-electron chi connectivity index (χ4n) is 3.60. The molecule has 1 N–H and O–H groups in total. The fraction of sp³-hybridized carbons (Fsp3) is 0.588. The first-order valence-electron chi connectivity index (χ1n) is 8.50. The molecule has 0 aromatic heterocycles. The van der Waals surface area contributed by atoms with E-state index in [0.717, 1.165) is 39.0 Å². The first-order chi connectivity index (χ1) is 11.6. The standard InChI is InChI=1S/C17H23N3O4/c21-17(19-8-5-13-11-18-12-14(13)6-9-19)7-10-24-16-4-2-1-3-15(16)20(22)23/h1-4,13-14,18H,5-12H2/t13-,14+. The van der Waals surface area contributed by atoms with E-state index in [2.05, 4.69) is 5.32 Å². The van der Waals surface area contributed by atoms with Crippen LogP contribution in [0.25, 0.3) is 0 Å². The van der Waals surface area contributed by atoms with Crippen LogP contribution in [0.2, 0.25) is 0 Å². The Morgan fingerprint density at radius 2 is 1.92 bits per heavy atom. The summed E-state index contributed by atoms with van der Waals surface area (Å²) < 4.78 is 5.47. The topological polar surface area (TPSA) is 84.7 Å². The van der Waals surface area contributed by atoms with Crippen molar-refractivity contribution in [3.8, 4) is 5.75 Å². The zero-order valence-corrected chi connectivity index (χ0v) is 13.6.